The highest BCUT2D eigenvalue weighted by Gasteiger charge is 2.28. The van der Waals surface area contributed by atoms with Crippen molar-refractivity contribution in [2.24, 2.45) is 5.73 Å². The number of fused-ring (bicyclic) bond motifs is 1. The van der Waals surface area contributed by atoms with Gasteiger partial charge in [0.25, 0.3) is 0 Å². The lowest BCUT2D eigenvalue weighted by Crippen LogP contribution is -2.48. The molecule has 1 fully saturated rings. The van der Waals surface area contributed by atoms with E-state index in [1.165, 1.54) is 0 Å². The molecule has 2 aromatic heterocycles. The van der Waals surface area contributed by atoms with E-state index in [0.717, 1.165) is 57.9 Å². The molecule has 0 amide bonds. The van der Waals surface area contributed by atoms with Gasteiger partial charge in [-0.25, -0.2) is 9.38 Å². The lowest BCUT2D eigenvalue weighted by atomic mass is 9.91. The van der Waals surface area contributed by atoms with Gasteiger partial charge in [0.05, 0.1) is 9.92 Å². The highest BCUT2D eigenvalue weighted by Crippen LogP contribution is 2.37. The summed E-state index contributed by atoms with van der Waals surface area (Å²) in [6, 6.07) is 6.01. The quantitative estimate of drug-likeness (QED) is 0.739. The van der Waals surface area contributed by atoms with Crippen molar-refractivity contribution in [3.05, 3.63) is 41.3 Å². The number of benzene rings is 1. The first-order chi connectivity index (χ1) is 12.4. The SMILES string of the molecule is Cc1cccc(Sc2cnc(N3CCC(C)(N)CC3)n3cnnc23)c1Cl. The number of piperidine rings is 1. The Labute approximate surface area is 161 Å². The van der Waals surface area contributed by atoms with E-state index < -0.39 is 0 Å². The average Bonchev–Trinajstić information content (AvgIpc) is 3.10. The molecule has 0 saturated carbocycles. The van der Waals surface area contributed by atoms with Crippen molar-refractivity contribution in [1.29, 1.82) is 0 Å². The lowest BCUT2D eigenvalue weighted by Gasteiger charge is -2.37. The first-order valence-corrected chi connectivity index (χ1v) is 9.80. The molecule has 1 aliphatic heterocycles. The molecule has 8 heteroatoms. The van der Waals surface area contributed by atoms with E-state index >= 15 is 0 Å². The number of hydrogen-bond donors (Lipinski definition) is 1. The molecule has 0 atom stereocenters. The average molecular weight is 389 g/mol. The number of aromatic nitrogens is 4. The largest absolute Gasteiger partial charge is 0.342 e. The molecule has 4 rings (SSSR count). The molecule has 0 aliphatic carbocycles. The zero-order valence-corrected chi connectivity index (χ0v) is 16.4. The van der Waals surface area contributed by atoms with Crippen LogP contribution in [0.5, 0.6) is 0 Å². The van der Waals surface area contributed by atoms with Gasteiger partial charge in [0.15, 0.2) is 5.65 Å². The molecule has 0 bridgehead atoms. The van der Waals surface area contributed by atoms with Gasteiger partial charge in [0, 0.05) is 29.7 Å². The van der Waals surface area contributed by atoms with Gasteiger partial charge < -0.3 is 10.6 Å². The molecule has 3 heterocycles. The maximum atomic E-state index is 6.44. The Morgan fingerprint density at radius 2 is 2.00 bits per heavy atom. The van der Waals surface area contributed by atoms with Crippen molar-refractivity contribution in [2.45, 2.75) is 42.0 Å². The van der Waals surface area contributed by atoms with Crippen LogP contribution in [0.3, 0.4) is 0 Å². The summed E-state index contributed by atoms with van der Waals surface area (Å²) in [5.41, 5.74) is 8.00. The van der Waals surface area contributed by atoms with Gasteiger partial charge in [-0.05, 0) is 38.3 Å². The zero-order chi connectivity index (χ0) is 18.3. The van der Waals surface area contributed by atoms with Crippen molar-refractivity contribution in [1.82, 2.24) is 19.6 Å². The van der Waals surface area contributed by atoms with Crippen molar-refractivity contribution >= 4 is 35.0 Å². The third-order valence-corrected chi connectivity index (χ3v) is 6.53. The number of halogens is 1. The topological polar surface area (TPSA) is 72.3 Å². The fourth-order valence-electron chi connectivity index (χ4n) is 3.13. The fraction of sp³-hybridized carbons (Fsp3) is 0.389. The summed E-state index contributed by atoms with van der Waals surface area (Å²) in [7, 11) is 0. The van der Waals surface area contributed by atoms with E-state index in [2.05, 4.69) is 22.0 Å². The first-order valence-electron chi connectivity index (χ1n) is 8.60. The molecular weight excluding hydrogens is 368 g/mol. The van der Waals surface area contributed by atoms with Crippen LogP contribution in [0.1, 0.15) is 25.3 Å². The van der Waals surface area contributed by atoms with E-state index in [4.69, 9.17) is 22.3 Å². The molecule has 1 aliphatic rings. The summed E-state index contributed by atoms with van der Waals surface area (Å²) in [5.74, 6) is 0.861. The Morgan fingerprint density at radius 1 is 1.23 bits per heavy atom. The van der Waals surface area contributed by atoms with E-state index in [1.807, 2.05) is 35.7 Å². The summed E-state index contributed by atoms with van der Waals surface area (Å²) < 4.78 is 1.95. The molecule has 1 aromatic carbocycles. The Morgan fingerprint density at radius 3 is 2.77 bits per heavy atom. The second kappa shape index (κ2) is 6.72. The van der Waals surface area contributed by atoms with Crippen LogP contribution >= 0.6 is 23.4 Å². The van der Waals surface area contributed by atoms with Crippen LogP contribution in [-0.2, 0) is 0 Å². The van der Waals surface area contributed by atoms with Gasteiger partial charge in [-0.1, -0.05) is 35.5 Å². The van der Waals surface area contributed by atoms with Crippen molar-refractivity contribution in [3.63, 3.8) is 0 Å². The maximum Gasteiger partial charge on any atom is 0.212 e. The first kappa shape index (κ1) is 17.6. The minimum Gasteiger partial charge on any atom is -0.342 e. The van der Waals surface area contributed by atoms with Crippen LogP contribution in [-0.4, -0.2) is 38.2 Å². The Kier molecular flexibility index (Phi) is 4.54. The van der Waals surface area contributed by atoms with Crippen LogP contribution in [0.4, 0.5) is 5.95 Å². The number of nitrogens with zero attached hydrogens (tertiary/aromatic N) is 5. The van der Waals surface area contributed by atoms with Gasteiger partial charge in [0.2, 0.25) is 5.95 Å². The van der Waals surface area contributed by atoms with Crippen LogP contribution in [0.25, 0.3) is 5.65 Å². The smallest absolute Gasteiger partial charge is 0.212 e. The third-order valence-electron chi connectivity index (χ3n) is 4.85. The van der Waals surface area contributed by atoms with Crippen LogP contribution in [0.15, 0.2) is 40.5 Å². The number of rotatable bonds is 3. The number of hydrogen-bond acceptors (Lipinski definition) is 6. The van der Waals surface area contributed by atoms with Gasteiger partial charge in [-0.3, -0.25) is 0 Å². The van der Waals surface area contributed by atoms with Crippen LogP contribution in [0.2, 0.25) is 5.02 Å². The van der Waals surface area contributed by atoms with Crippen molar-refractivity contribution in [2.75, 3.05) is 18.0 Å². The van der Waals surface area contributed by atoms with E-state index in [-0.39, 0.29) is 5.54 Å². The normalized spacial score (nSPS) is 17.0. The van der Waals surface area contributed by atoms with Gasteiger partial charge >= 0.3 is 0 Å². The van der Waals surface area contributed by atoms with Gasteiger partial charge in [0.1, 0.15) is 6.33 Å². The van der Waals surface area contributed by atoms with Crippen molar-refractivity contribution < 1.29 is 0 Å². The molecule has 0 unspecified atom stereocenters. The monoisotopic (exact) mass is 388 g/mol. The van der Waals surface area contributed by atoms with Crippen LogP contribution in [0, 0.1) is 6.92 Å². The molecule has 3 aromatic rings. The summed E-state index contributed by atoms with van der Waals surface area (Å²) in [5, 5.41) is 9.17. The zero-order valence-electron chi connectivity index (χ0n) is 14.8. The molecule has 6 nitrogen and oxygen atoms in total. The summed E-state index contributed by atoms with van der Waals surface area (Å²) in [6.07, 6.45) is 5.45. The third kappa shape index (κ3) is 3.26. The fourth-order valence-corrected chi connectivity index (χ4v) is 4.34. The number of nitrogens with two attached hydrogens (primary N) is 1. The minimum absolute atomic E-state index is 0.0967. The summed E-state index contributed by atoms with van der Waals surface area (Å²) in [4.78, 5) is 8.87. The van der Waals surface area contributed by atoms with E-state index in [0.29, 0.717) is 0 Å². The van der Waals surface area contributed by atoms with Gasteiger partial charge in [-0.2, -0.15) is 0 Å². The summed E-state index contributed by atoms with van der Waals surface area (Å²) >= 11 is 8.01. The predicted octanol–water partition coefficient (Wildman–Crippen LogP) is 3.55. The van der Waals surface area contributed by atoms with Crippen LogP contribution < -0.4 is 10.6 Å². The second-order valence-electron chi connectivity index (χ2n) is 7.08. The molecule has 1 saturated heterocycles. The Hall–Kier alpha value is -1.83. The Bertz CT molecular complexity index is 944. The standard InChI is InChI=1S/C18H21ClN6S/c1-12-4-3-5-13(15(12)19)26-14-10-21-17(25-11-22-23-16(14)25)24-8-6-18(2,20)7-9-24/h3-5,10-11H,6-9,20H2,1-2H3. The molecule has 136 valence electrons. The second-order valence-corrected chi connectivity index (χ2v) is 8.54. The summed E-state index contributed by atoms with van der Waals surface area (Å²) in [6.45, 7) is 5.87. The maximum absolute atomic E-state index is 6.44. The Balaban J connectivity index is 1.67. The molecule has 2 N–H and O–H groups in total. The number of aryl methyl sites for hydroxylation is 1. The lowest BCUT2D eigenvalue weighted by molar-refractivity contribution is 0.361. The van der Waals surface area contributed by atoms with Gasteiger partial charge in [-0.15, -0.1) is 10.2 Å². The minimum atomic E-state index is -0.0967. The van der Waals surface area contributed by atoms with Crippen molar-refractivity contribution in [3.8, 4) is 0 Å². The molecular formula is C18H21ClN6S. The highest BCUT2D eigenvalue weighted by molar-refractivity contribution is 7.99. The predicted molar refractivity (Wildman–Crippen MR) is 105 cm³/mol. The molecule has 0 spiro atoms. The number of anilines is 1. The van der Waals surface area contributed by atoms with E-state index in [9.17, 15) is 0 Å². The van der Waals surface area contributed by atoms with E-state index in [1.54, 1.807) is 18.1 Å². The highest BCUT2D eigenvalue weighted by atomic mass is 35.5. The molecule has 0 radical (unpaired) electrons. The molecule has 26 heavy (non-hydrogen) atoms.